The van der Waals surface area contributed by atoms with Gasteiger partial charge in [0.2, 0.25) is 0 Å². The molecule has 3 heterocycles. The van der Waals surface area contributed by atoms with Crippen molar-refractivity contribution < 1.29 is 12.6 Å². The van der Waals surface area contributed by atoms with Gasteiger partial charge in [-0.25, -0.2) is 15.0 Å². The van der Waals surface area contributed by atoms with Gasteiger partial charge in [0, 0.05) is 49.4 Å². The van der Waals surface area contributed by atoms with Gasteiger partial charge < -0.3 is 8.98 Å². The number of hydrogen-bond donors (Lipinski definition) is 0. The van der Waals surface area contributed by atoms with E-state index in [2.05, 4.69) is 34.9 Å². The summed E-state index contributed by atoms with van der Waals surface area (Å²) in [6.07, 6.45) is 0. The van der Waals surface area contributed by atoms with Crippen LogP contribution in [0, 0.1) is 0 Å². The maximum absolute atomic E-state index is 9.42. The molecule has 0 fully saturated rings. The van der Waals surface area contributed by atoms with Gasteiger partial charge in [0.25, 0.3) is 0 Å². The lowest BCUT2D eigenvalue weighted by atomic mass is 9.98. The summed E-state index contributed by atoms with van der Waals surface area (Å²) in [5, 5.41) is 4.31. The molecule has 11 aromatic rings. The highest BCUT2D eigenvalue weighted by molar-refractivity contribution is 6.12. The van der Waals surface area contributed by atoms with Crippen molar-refractivity contribution in [2.75, 3.05) is 0 Å². The summed E-state index contributed by atoms with van der Waals surface area (Å²) in [4.78, 5) is 15.3. The lowest BCUT2D eigenvalue weighted by Gasteiger charge is -2.16. The third kappa shape index (κ3) is 4.76. The highest BCUT2D eigenvalue weighted by Crippen LogP contribution is 2.42. The van der Waals surface area contributed by atoms with Gasteiger partial charge in [-0.2, -0.15) is 0 Å². The first kappa shape index (κ1) is 24.8. The quantitative estimate of drug-likeness (QED) is 0.180. The molecule has 0 spiro atoms. The van der Waals surface area contributed by atoms with Crippen LogP contribution in [-0.4, -0.2) is 19.5 Å². The van der Waals surface area contributed by atoms with Gasteiger partial charge in [-0.3, -0.25) is 0 Å². The highest BCUT2D eigenvalue weighted by atomic mass is 16.3. The predicted octanol–water partition coefficient (Wildman–Crippen LogP) is 12.7. The average molecular weight is 697 g/mol. The van der Waals surface area contributed by atoms with Crippen LogP contribution in [-0.2, 0) is 0 Å². The molecular weight excluding hydrogens is 661 g/mol. The number of aromatic nitrogens is 4. The number of hydrogen-bond acceptors (Lipinski definition) is 4. The Morgan fingerprint density at radius 3 is 1.93 bits per heavy atom. The summed E-state index contributed by atoms with van der Waals surface area (Å²) in [5.74, 6) is 1.43. The molecule has 0 aliphatic heterocycles. The van der Waals surface area contributed by atoms with Crippen LogP contribution in [0.5, 0.6) is 0 Å². The van der Waals surface area contributed by atoms with Crippen LogP contribution in [0.2, 0.25) is 0 Å². The number of para-hydroxylation sites is 4. The molecule has 0 saturated carbocycles. The molecular formula is C49H30N4O. The van der Waals surface area contributed by atoms with Crippen molar-refractivity contribution in [2.24, 2.45) is 0 Å². The zero-order chi connectivity index (χ0) is 40.8. The molecule has 8 aromatic carbocycles. The second-order valence-corrected chi connectivity index (χ2v) is 13.1. The standard InChI is InChI=1S/C49H30N4O/c1-2-15-32(16-3-1)47-50-48(52-49(51-47)41-24-12-17-31-14-4-5-18-34(31)41)33-28-29-37(39-22-13-23-40-38-21-8-11-27-45(38)54-46(39)40)44(30-33)53-42-25-9-6-19-35(42)36-20-7-10-26-43(36)53/h1-30H/i8D,13D,21D,22D,23D,27D. The topological polar surface area (TPSA) is 56.7 Å². The zero-order valence-electron chi connectivity index (χ0n) is 34.6. The van der Waals surface area contributed by atoms with Crippen molar-refractivity contribution in [3.8, 4) is 51.0 Å². The van der Waals surface area contributed by atoms with E-state index in [9.17, 15) is 1.37 Å². The summed E-state index contributed by atoms with van der Waals surface area (Å²) in [6, 6.07) is 45.7. The maximum Gasteiger partial charge on any atom is 0.164 e. The molecule has 0 aliphatic rings. The van der Waals surface area contributed by atoms with E-state index in [1.54, 1.807) is 0 Å². The van der Waals surface area contributed by atoms with E-state index in [-0.39, 0.29) is 63.8 Å². The first-order valence-electron chi connectivity index (χ1n) is 20.6. The van der Waals surface area contributed by atoms with Gasteiger partial charge in [0.05, 0.1) is 24.9 Å². The van der Waals surface area contributed by atoms with E-state index >= 15 is 0 Å². The molecule has 54 heavy (non-hydrogen) atoms. The van der Waals surface area contributed by atoms with E-state index < -0.39 is 0 Å². The Kier molecular flexibility index (Phi) is 5.55. The Balaban J connectivity index is 1.25. The van der Waals surface area contributed by atoms with Crippen molar-refractivity contribution >= 4 is 54.5 Å². The van der Waals surface area contributed by atoms with E-state index in [4.69, 9.17) is 26.2 Å². The molecule has 252 valence electrons. The fraction of sp³-hybridized carbons (Fsp3) is 0. The molecule has 0 aliphatic carbocycles. The fourth-order valence-corrected chi connectivity index (χ4v) is 7.57. The van der Waals surface area contributed by atoms with Crippen molar-refractivity contribution in [3.63, 3.8) is 0 Å². The average Bonchev–Trinajstić information content (AvgIpc) is 3.85. The minimum Gasteiger partial charge on any atom is -0.455 e. The summed E-state index contributed by atoms with van der Waals surface area (Å²) in [7, 11) is 0. The van der Waals surface area contributed by atoms with Crippen LogP contribution < -0.4 is 0 Å². The zero-order valence-corrected chi connectivity index (χ0v) is 28.6. The van der Waals surface area contributed by atoms with Crippen LogP contribution >= 0.6 is 0 Å². The number of nitrogens with zero attached hydrogens (tertiary/aromatic N) is 4. The van der Waals surface area contributed by atoms with Crippen LogP contribution in [0.1, 0.15) is 8.22 Å². The van der Waals surface area contributed by atoms with Crippen LogP contribution in [0.25, 0.3) is 105 Å². The lowest BCUT2D eigenvalue weighted by molar-refractivity contribution is 0.670. The van der Waals surface area contributed by atoms with Gasteiger partial charge in [0.1, 0.15) is 11.2 Å². The maximum atomic E-state index is 9.42. The normalized spacial score (nSPS) is 13.3. The van der Waals surface area contributed by atoms with E-state index in [0.717, 1.165) is 43.7 Å². The Hall–Kier alpha value is -7.37. The third-order valence-corrected chi connectivity index (χ3v) is 10.0. The molecule has 0 amide bonds. The summed E-state index contributed by atoms with van der Waals surface area (Å²) >= 11 is 0. The van der Waals surface area contributed by atoms with E-state index in [0.29, 0.717) is 34.3 Å². The van der Waals surface area contributed by atoms with Crippen LogP contribution in [0.3, 0.4) is 0 Å². The van der Waals surface area contributed by atoms with Crippen molar-refractivity contribution in [1.29, 1.82) is 0 Å². The first-order valence-corrected chi connectivity index (χ1v) is 17.6. The van der Waals surface area contributed by atoms with E-state index in [1.807, 2.05) is 109 Å². The Bertz CT molecular complexity index is 3520. The van der Waals surface area contributed by atoms with Gasteiger partial charge >= 0.3 is 0 Å². The van der Waals surface area contributed by atoms with Crippen LogP contribution in [0.15, 0.2) is 186 Å². The number of benzene rings is 8. The van der Waals surface area contributed by atoms with E-state index in [1.165, 1.54) is 6.07 Å². The molecule has 0 atom stereocenters. The Morgan fingerprint density at radius 1 is 0.444 bits per heavy atom. The summed E-state index contributed by atoms with van der Waals surface area (Å²) in [6.45, 7) is 0. The summed E-state index contributed by atoms with van der Waals surface area (Å²) in [5.41, 5.74) is 5.63. The lowest BCUT2D eigenvalue weighted by Crippen LogP contribution is -2.02. The molecule has 0 saturated heterocycles. The molecule has 0 N–H and O–H groups in total. The predicted molar refractivity (Wildman–Crippen MR) is 221 cm³/mol. The summed E-state index contributed by atoms with van der Waals surface area (Å²) < 4.78 is 61.9. The molecule has 5 nitrogen and oxygen atoms in total. The molecule has 0 bridgehead atoms. The van der Waals surface area contributed by atoms with Gasteiger partial charge in [-0.05, 0) is 35.0 Å². The second-order valence-electron chi connectivity index (χ2n) is 13.1. The molecule has 5 heteroatoms. The SMILES string of the molecule is [2H]c1cc([2H])c2oc3c(-c4ccc(-c5nc(-c6ccccc6)nc(-c6cccc7ccccc67)n5)cc4-n4c5ccccc5c5ccccc54)c([2H])c([2H])c([2H])c3c2c1[2H]. The second kappa shape index (κ2) is 12.1. The number of rotatable bonds is 5. The van der Waals surface area contributed by atoms with Crippen LogP contribution in [0.4, 0.5) is 0 Å². The monoisotopic (exact) mass is 696 g/mol. The molecule has 11 rings (SSSR count). The largest absolute Gasteiger partial charge is 0.455 e. The van der Waals surface area contributed by atoms with Crippen molar-refractivity contribution in [3.05, 3.63) is 182 Å². The minimum atomic E-state index is -0.358. The van der Waals surface area contributed by atoms with Gasteiger partial charge in [-0.1, -0.05) is 158 Å². The molecule has 3 aromatic heterocycles. The smallest absolute Gasteiger partial charge is 0.164 e. The fourth-order valence-electron chi connectivity index (χ4n) is 7.57. The third-order valence-electron chi connectivity index (χ3n) is 10.0. The van der Waals surface area contributed by atoms with Gasteiger partial charge in [0.15, 0.2) is 17.5 Å². The Labute approximate surface area is 318 Å². The first-order chi connectivity index (χ1) is 29.3. The van der Waals surface area contributed by atoms with Crippen molar-refractivity contribution in [1.82, 2.24) is 19.5 Å². The van der Waals surface area contributed by atoms with Crippen molar-refractivity contribution in [2.45, 2.75) is 0 Å². The number of furan rings is 1. The Morgan fingerprint density at radius 2 is 1.11 bits per heavy atom. The highest BCUT2D eigenvalue weighted by Gasteiger charge is 2.21. The molecule has 0 radical (unpaired) electrons. The molecule has 0 unspecified atom stereocenters. The number of fused-ring (bicyclic) bond motifs is 7. The minimum absolute atomic E-state index is 0.0281. The van der Waals surface area contributed by atoms with Gasteiger partial charge in [-0.15, -0.1) is 0 Å².